The second-order valence-corrected chi connectivity index (χ2v) is 9.21. The van der Waals surface area contributed by atoms with E-state index in [1.807, 2.05) is 0 Å². The van der Waals surface area contributed by atoms with Crippen molar-refractivity contribution in [3.8, 4) is 6.07 Å². The summed E-state index contributed by atoms with van der Waals surface area (Å²) in [6, 6.07) is 2.47. The first-order valence-electron chi connectivity index (χ1n) is 11.9. The van der Waals surface area contributed by atoms with E-state index in [0.717, 1.165) is 17.8 Å². The van der Waals surface area contributed by atoms with Crippen LogP contribution in [-0.4, -0.2) is 0 Å². The molecule has 2 aliphatic rings. The van der Waals surface area contributed by atoms with E-state index in [1.165, 1.54) is 109 Å². The highest BCUT2D eigenvalue weighted by atomic mass is 14.3. The fourth-order valence-corrected chi connectivity index (χ4v) is 5.12. The highest BCUT2D eigenvalue weighted by Gasteiger charge is 2.24. The van der Waals surface area contributed by atoms with Crippen molar-refractivity contribution in [2.24, 2.45) is 23.7 Å². The quantitative estimate of drug-likeness (QED) is 0.270. The zero-order valence-corrected chi connectivity index (χ0v) is 17.4. The smallest absolute Gasteiger partial charge is 0.0655 e. The summed E-state index contributed by atoms with van der Waals surface area (Å²) in [5.41, 5.74) is 0. The Bertz CT molecular complexity index is 402. The molecule has 0 aliphatic heterocycles. The lowest BCUT2D eigenvalue weighted by atomic mass is 9.75. The summed E-state index contributed by atoms with van der Waals surface area (Å²) in [6.07, 6.45) is 28.3. The number of hydrogen-bond donors (Lipinski definition) is 0. The molecule has 2 fully saturated rings. The van der Waals surface area contributed by atoms with E-state index in [4.69, 9.17) is 5.26 Å². The molecule has 148 valence electrons. The lowest BCUT2D eigenvalue weighted by molar-refractivity contribution is 0.223. The maximum atomic E-state index is 9.02. The van der Waals surface area contributed by atoms with Crippen molar-refractivity contribution in [3.05, 3.63) is 12.2 Å². The zero-order valence-electron chi connectivity index (χ0n) is 17.4. The van der Waals surface area contributed by atoms with Crippen molar-refractivity contribution in [1.82, 2.24) is 0 Å². The van der Waals surface area contributed by atoms with E-state index in [9.17, 15) is 0 Å². The van der Waals surface area contributed by atoms with Crippen molar-refractivity contribution in [3.63, 3.8) is 0 Å². The lowest BCUT2D eigenvalue weighted by Gasteiger charge is -2.30. The van der Waals surface area contributed by atoms with Gasteiger partial charge in [0.1, 0.15) is 0 Å². The number of allylic oxidation sites excluding steroid dienone is 2. The maximum Gasteiger partial charge on any atom is 0.0655 e. The molecular weight excluding hydrogens is 314 g/mol. The Balaban J connectivity index is 1.46. The molecule has 0 spiro atoms. The minimum absolute atomic E-state index is 0.368. The van der Waals surface area contributed by atoms with Crippen molar-refractivity contribution in [2.45, 2.75) is 116 Å². The number of nitriles is 1. The summed E-state index contributed by atoms with van der Waals surface area (Å²) in [5, 5.41) is 9.02. The largest absolute Gasteiger partial charge is 0.198 e. The van der Waals surface area contributed by atoms with Crippen LogP contribution in [0.25, 0.3) is 0 Å². The first-order chi connectivity index (χ1) is 12.8. The molecule has 2 aliphatic carbocycles. The van der Waals surface area contributed by atoms with Crippen LogP contribution in [0.15, 0.2) is 12.2 Å². The van der Waals surface area contributed by atoms with Crippen molar-refractivity contribution in [1.29, 1.82) is 5.26 Å². The Hall–Kier alpha value is -0.770. The maximum absolute atomic E-state index is 9.02. The first kappa shape index (κ1) is 21.5. The number of nitrogens with zero attached hydrogens (tertiary/aromatic N) is 1. The SMILES string of the molecule is CCCCCC/C=C/CC[C@H]1CC[C@H](CCC2CCC(C#N)CC2)CC1. The Morgan fingerprint density at radius 2 is 1.23 bits per heavy atom. The summed E-state index contributed by atoms with van der Waals surface area (Å²) >= 11 is 0. The van der Waals surface area contributed by atoms with Crippen LogP contribution in [0, 0.1) is 35.0 Å². The summed E-state index contributed by atoms with van der Waals surface area (Å²) < 4.78 is 0. The minimum atomic E-state index is 0.368. The van der Waals surface area contributed by atoms with E-state index in [1.54, 1.807) is 0 Å². The molecule has 0 unspecified atom stereocenters. The van der Waals surface area contributed by atoms with Crippen molar-refractivity contribution >= 4 is 0 Å². The lowest BCUT2D eigenvalue weighted by Crippen LogP contribution is -2.17. The first-order valence-corrected chi connectivity index (χ1v) is 11.9. The van der Waals surface area contributed by atoms with Gasteiger partial charge >= 0.3 is 0 Å². The minimum Gasteiger partial charge on any atom is -0.198 e. The van der Waals surface area contributed by atoms with Gasteiger partial charge in [-0.1, -0.05) is 76.9 Å². The molecule has 0 radical (unpaired) electrons. The average Bonchev–Trinajstić information content (AvgIpc) is 2.69. The molecule has 0 bridgehead atoms. The van der Waals surface area contributed by atoms with Crippen LogP contribution in [0.4, 0.5) is 0 Å². The fraction of sp³-hybridized carbons (Fsp3) is 0.880. The van der Waals surface area contributed by atoms with Crippen LogP contribution in [0.3, 0.4) is 0 Å². The van der Waals surface area contributed by atoms with Crippen LogP contribution in [0.2, 0.25) is 0 Å². The number of rotatable bonds is 11. The number of unbranched alkanes of at least 4 members (excludes halogenated alkanes) is 4. The summed E-state index contributed by atoms with van der Waals surface area (Å²) in [6.45, 7) is 2.28. The standard InChI is InChI=1S/C25H43N/c1-2-3-4-5-6-7-8-9-10-22-11-13-23(14-12-22)15-16-24-17-19-25(21-26)20-18-24/h7-8,22-25H,2-6,9-20H2,1H3/b8-7+/t22-,23-,24?,25?. The molecule has 1 nitrogen and oxygen atoms in total. The van der Waals surface area contributed by atoms with Gasteiger partial charge in [-0.05, 0) is 69.1 Å². The molecule has 2 saturated carbocycles. The fourth-order valence-electron chi connectivity index (χ4n) is 5.12. The van der Waals surface area contributed by atoms with Crippen molar-refractivity contribution < 1.29 is 0 Å². The highest BCUT2D eigenvalue weighted by molar-refractivity contribution is 4.87. The third-order valence-electron chi connectivity index (χ3n) is 7.11. The van der Waals surface area contributed by atoms with Crippen LogP contribution in [0.5, 0.6) is 0 Å². The predicted octanol–water partition coefficient (Wildman–Crippen LogP) is 8.21. The molecular formula is C25H43N. The van der Waals surface area contributed by atoms with Gasteiger partial charge in [-0.15, -0.1) is 0 Å². The Morgan fingerprint density at radius 3 is 1.81 bits per heavy atom. The topological polar surface area (TPSA) is 23.8 Å². The second kappa shape index (κ2) is 13.4. The highest BCUT2D eigenvalue weighted by Crippen LogP contribution is 2.37. The van der Waals surface area contributed by atoms with Gasteiger partial charge in [-0.3, -0.25) is 0 Å². The van der Waals surface area contributed by atoms with E-state index in [-0.39, 0.29) is 0 Å². The number of hydrogen-bond acceptors (Lipinski definition) is 1. The van der Waals surface area contributed by atoms with Crippen LogP contribution >= 0.6 is 0 Å². The molecule has 0 aromatic rings. The van der Waals surface area contributed by atoms with E-state index in [0.29, 0.717) is 5.92 Å². The summed E-state index contributed by atoms with van der Waals surface area (Å²) in [7, 11) is 0. The van der Waals surface area contributed by atoms with Gasteiger partial charge in [0, 0.05) is 5.92 Å². The molecule has 0 heterocycles. The predicted molar refractivity (Wildman–Crippen MR) is 113 cm³/mol. The van der Waals surface area contributed by atoms with Gasteiger partial charge in [0.15, 0.2) is 0 Å². The van der Waals surface area contributed by atoms with Gasteiger partial charge in [-0.2, -0.15) is 5.26 Å². The van der Waals surface area contributed by atoms with Gasteiger partial charge in [0.05, 0.1) is 6.07 Å². The van der Waals surface area contributed by atoms with E-state index in [2.05, 4.69) is 25.1 Å². The van der Waals surface area contributed by atoms with Gasteiger partial charge < -0.3 is 0 Å². The summed E-state index contributed by atoms with van der Waals surface area (Å²) in [4.78, 5) is 0. The van der Waals surface area contributed by atoms with E-state index < -0.39 is 0 Å². The van der Waals surface area contributed by atoms with Crippen molar-refractivity contribution in [2.75, 3.05) is 0 Å². The van der Waals surface area contributed by atoms with E-state index >= 15 is 0 Å². The van der Waals surface area contributed by atoms with Crippen LogP contribution in [-0.2, 0) is 0 Å². The molecule has 26 heavy (non-hydrogen) atoms. The molecule has 0 atom stereocenters. The Morgan fingerprint density at radius 1 is 0.692 bits per heavy atom. The third kappa shape index (κ3) is 8.75. The average molecular weight is 358 g/mol. The Labute approximate surface area is 163 Å². The molecule has 1 heteroatoms. The van der Waals surface area contributed by atoms with Gasteiger partial charge in [-0.25, -0.2) is 0 Å². The van der Waals surface area contributed by atoms with Crippen LogP contribution in [0.1, 0.15) is 116 Å². The van der Waals surface area contributed by atoms with Gasteiger partial charge in [0.25, 0.3) is 0 Å². The third-order valence-corrected chi connectivity index (χ3v) is 7.11. The van der Waals surface area contributed by atoms with Crippen LogP contribution < -0.4 is 0 Å². The molecule has 2 rings (SSSR count). The zero-order chi connectivity index (χ0) is 18.5. The molecule has 0 aromatic heterocycles. The normalized spacial score (nSPS) is 29.7. The molecule has 0 N–H and O–H groups in total. The molecule has 0 aromatic carbocycles. The Kier molecular flexibility index (Phi) is 11.1. The summed E-state index contributed by atoms with van der Waals surface area (Å²) in [5.74, 6) is 3.31. The monoisotopic (exact) mass is 357 g/mol. The van der Waals surface area contributed by atoms with Gasteiger partial charge in [0.2, 0.25) is 0 Å². The molecule has 0 saturated heterocycles. The second-order valence-electron chi connectivity index (χ2n) is 9.21. The molecule has 0 amide bonds.